The zero-order valence-electron chi connectivity index (χ0n) is 7.72. The molecule has 0 amide bonds. The van der Waals surface area contributed by atoms with Crippen LogP contribution in [0.4, 0.5) is 8.78 Å². The van der Waals surface area contributed by atoms with Crippen molar-refractivity contribution >= 4 is 15.9 Å². The Balaban J connectivity index is 2.59. The number of halogens is 3. The van der Waals surface area contributed by atoms with Gasteiger partial charge in [0.25, 0.3) is 0 Å². The van der Waals surface area contributed by atoms with Gasteiger partial charge in [0.1, 0.15) is 5.82 Å². The van der Waals surface area contributed by atoms with E-state index in [0.717, 1.165) is 0 Å². The molecule has 0 N–H and O–H groups in total. The molecule has 5 heteroatoms. The van der Waals surface area contributed by atoms with E-state index in [-0.39, 0.29) is 15.8 Å². The van der Waals surface area contributed by atoms with Crippen LogP contribution in [0.1, 0.15) is 5.89 Å². The first-order valence-electron chi connectivity index (χ1n) is 4.16. The summed E-state index contributed by atoms with van der Waals surface area (Å²) in [5.74, 6) is -0.616. The normalized spacial score (nSPS) is 10.7. The van der Waals surface area contributed by atoms with Crippen molar-refractivity contribution in [3.63, 3.8) is 0 Å². The highest BCUT2D eigenvalue weighted by Crippen LogP contribution is 2.30. The second-order valence-corrected chi connectivity index (χ2v) is 3.76. The summed E-state index contributed by atoms with van der Waals surface area (Å²) >= 11 is 2.82. The number of hydrogen-bond donors (Lipinski definition) is 0. The largest absolute Gasteiger partial charge is 0.441 e. The lowest BCUT2D eigenvalue weighted by atomic mass is 10.2. The van der Waals surface area contributed by atoms with Gasteiger partial charge in [0.2, 0.25) is 0 Å². The number of aryl methyl sites for hydroxylation is 1. The molecule has 1 heterocycles. The predicted octanol–water partition coefficient (Wildman–Crippen LogP) is 3.69. The van der Waals surface area contributed by atoms with Crippen LogP contribution in [0.15, 0.2) is 27.2 Å². The van der Waals surface area contributed by atoms with Crippen LogP contribution in [0, 0.1) is 18.6 Å². The van der Waals surface area contributed by atoms with E-state index in [1.807, 2.05) is 0 Å². The molecule has 0 aliphatic carbocycles. The van der Waals surface area contributed by atoms with E-state index in [0.29, 0.717) is 5.89 Å². The Kier molecular flexibility index (Phi) is 2.56. The van der Waals surface area contributed by atoms with Gasteiger partial charge in [-0.3, -0.25) is 0 Å². The number of hydrogen-bond acceptors (Lipinski definition) is 2. The molecule has 2 rings (SSSR count). The van der Waals surface area contributed by atoms with Crippen LogP contribution in [0.25, 0.3) is 11.3 Å². The summed E-state index contributed by atoms with van der Waals surface area (Å²) < 4.78 is 31.5. The first-order valence-corrected chi connectivity index (χ1v) is 4.95. The lowest BCUT2D eigenvalue weighted by Crippen LogP contribution is -1.88. The average Bonchev–Trinajstić information content (AvgIpc) is 2.61. The molecule has 2 aromatic rings. The maximum absolute atomic E-state index is 13.6. The molecule has 0 fully saturated rings. The zero-order valence-corrected chi connectivity index (χ0v) is 9.31. The molecule has 0 radical (unpaired) electrons. The zero-order chi connectivity index (χ0) is 11.0. The van der Waals surface area contributed by atoms with E-state index in [2.05, 4.69) is 20.9 Å². The van der Waals surface area contributed by atoms with Crippen LogP contribution in [0.5, 0.6) is 0 Å². The second kappa shape index (κ2) is 3.73. The van der Waals surface area contributed by atoms with Crippen molar-refractivity contribution < 1.29 is 13.2 Å². The van der Waals surface area contributed by atoms with Crippen molar-refractivity contribution in [2.45, 2.75) is 6.92 Å². The fourth-order valence-corrected chi connectivity index (χ4v) is 1.55. The number of rotatable bonds is 1. The van der Waals surface area contributed by atoms with Gasteiger partial charge in [0.15, 0.2) is 17.5 Å². The third-order valence-electron chi connectivity index (χ3n) is 1.92. The summed E-state index contributed by atoms with van der Waals surface area (Å²) in [6.45, 7) is 1.65. The molecule has 78 valence electrons. The first kappa shape index (κ1) is 10.3. The Hall–Kier alpha value is -1.23. The molecule has 2 nitrogen and oxygen atoms in total. The molecule has 1 aromatic carbocycles. The minimum Gasteiger partial charge on any atom is -0.441 e. The molecule has 0 bridgehead atoms. The molecule has 15 heavy (non-hydrogen) atoms. The van der Waals surface area contributed by atoms with Gasteiger partial charge in [-0.25, -0.2) is 13.8 Å². The van der Waals surface area contributed by atoms with Gasteiger partial charge < -0.3 is 4.42 Å². The SMILES string of the molecule is Cc1ncc(-c2ccc(F)c(Br)c2F)o1. The summed E-state index contributed by atoms with van der Waals surface area (Å²) in [6.07, 6.45) is 1.40. The van der Waals surface area contributed by atoms with E-state index in [1.54, 1.807) is 6.92 Å². The molecule has 1 aromatic heterocycles. The van der Waals surface area contributed by atoms with Crippen molar-refractivity contribution in [3.8, 4) is 11.3 Å². The molecule has 0 spiro atoms. The van der Waals surface area contributed by atoms with Crippen molar-refractivity contribution in [2.24, 2.45) is 0 Å². The van der Waals surface area contributed by atoms with Crippen LogP contribution in [0.3, 0.4) is 0 Å². The first-order chi connectivity index (χ1) is 7.09. The van der Waals surface area contributed by atoms with Crippen LogP contribution in [0.2, 0.25) is 0 Å². The second-order valence-electron chi connectivity index (χ2n) is 2.97. The average molecular weight is 274 g/mol. The summed E-state index contributed by atoms with van der Waals surface area (Å²) in [7, 11) is 0. The van der Waals surface area contributed by atoms with Crippen molar-refractivity contribution in [1.29, 1.82) is 0 Å². The Morgan fingerprint density at radius 1 is 1.33 bits per heavy atom. The molecular formula is C10H6BrF2NO. The smallest absolute Gasteiger partial charge is 0.191 e. The molecule has 0 saturated carbocycles. The molecular weight excluding hydrogens is 268 g/mol. The fourth-order valence-electron chi connectivity index (χ4n) is 1.20. The topological polar surface area (TPSA) is 26.0 Å². The van der Waals surface area contributed by atoms with Crippen molar-refractivity contribution in [2.75, 3.05) is 0 Å². The van der Waals surface area contributed by atoms with Gasteiger partial charge in [-0.1, -0.05) is 0 Å². The molecule has 0 unspecified atom stereocenters. The Morgan fingerprint density at radius 3 is 2.67 bits per heavy atom. The number of oxazole rings is 1. The maximum Gasteiger partial charge on any atom is 0.191 e. The van der Waals surface area contributed by atoms with E-state index in [9.17, 15) is 8.78 Å². The lowest BCUT2D eigenvalue weighted by Gasteiger charge is -2.01. The van der Waals surface area contributed by atoms with Crippen molar-refractivity contribution in [3.05, 3.63) is 40.3 Å². The van der Waals surface area contributed by atoms with E-state index >= 15 is 0 Å². The van der Waals surface area contributed by atoms with Gasteiger partial charge in [0, 0.05) is 6.92 Å². The van der Waals surface area contributed by atoms with E-state index in [1.165, 1.54) is 18.3 Å². The predicted molar refractivity (Wildman–Crippen MR) is 54.3 cm³/mol. The monoisotopic (exact) mass is 273 g/mol. The van der Waals surface area contributed by atoms with Gasteiger partial charge >= 0.3 is 0 Å². The molecule has 0 atom stereocenters. The number of aromatic nitrogens is 1. The lowest BCUT2D eigenvalue weighted by molar-refractivity contribution is 0.524. The van der Waals surface area contributed by atoms with Crippen LogP contribution < -0.4 is 0 Å². The van der Waals surface area contributed by atoms with Crippen LogP contribution >= 0.6 is 15.9 Å². The summed E-state index contributed by atoms with van der Waals surface area (Å²) in [4.78, 5) is 3.84. The maximum atomic E-state index is 13.6. The van der Waals surface area contributed by atoms with E-state index < -0.39 is 11.6 Å². The van der Waals surface area contributed by atoms with Crippen molar-refractivity contribution in [1.82, 2.24) is 4.98 Å². The van der Waals surface area contributed by atoms with Crippen LogP contribution in [-0.4, -0.2) is 4.98 Å². The molecule has 0 saturated heterocycles. The number of benzene rings is 1. The standard InChI is InChI=1S/C10H6BrF2NO/c1-5-14-4-8(15-5)6-2-3-7(12)9(11)10(6)13/h2-4H,1H3. The highest BCUT2D eigenvalue weighted by molar-refractivity contribution is 9.10. The van der Waals surface area contributed by atoms with E-state index in [4.69, 9.17) is 4.42 Å². The Morgan fingerprint density at radius 2 is 2.07 bits per heavy atom. The minimum absolute atomic E-state index is 0.184. The Labute approximate surface area is 93.1 Å². The number of nitrogens with zero attached hydrogens (tertiary/aromatic N) is 1. The van der Waals surface area contributed by atoms with Gasteiger partial charge in [-0.05, 0) is 28.1 Å². The molecule has 0 aliphatic heterocycles. The summed E-state index contributed by atoms with van der Waals surface area (Å²) in [5.41, 5.74) is 0.184. The fraction of sp³-hybridized carbons (Fsp3) is 0.100. The van der Waals surface area contributed by atoms with Gasteiger partial charge in [0.05, 0.1) is 16.2 Å². The highest BCUT2D eigenvalue weighted by atomic mass is 79.9. The molecule has 0 aliphatic rings. The third-order valence-corrected chi connectivity index (χ3v) is 2.65. The summed E-state index contributed by atoms with van der Waals surface area (Å²) in [5, 5.41) is 0. The van der Waals surface area contributed by atoms with Crippen LogP contribution in [-0.2, 0) is 0 Å². The minimum atomic E-state index is -0.689. The van der Waals surface area contributed by atoms with Gasteiger partial charge in [-0.2, -0.15) is 0 Å². The quantitative estimate of drug-likeness (QED) is 0.741. The summed E-state index contributed by atoms with van der Waals surface area (Å²) in [6, 6.07) is 2.48. The third kappa shape index (κ3) is 1.79. The van der Waals surface area contributed by atoms with Gasteiger partial charge in [-0.15, -0.1) is 0 Å². The Bertz CT molecular complexity index is 510. The highest BCUT2D eigenvalue weighted by Gasteiger charge is 2.15.